The van der Waals surface area contributed by atoms with Crippen molar-refractivity contribution < 1.29 is 41.7 Å². The van der Waals surface area contributed by atoms with Crippen molar-refractivity contribution in [1.82, 2.24) is 4.98 Å². The molecule has 8 nitrogen and oxygen atoms in total. The largest absolute Gasteiger partial charge is 0.493 e. The zero-order valence-electron chi connectivity index (χ0n) is 17.1. The molecule has 0 aliphatic rings. The highest BCUT2D eigenvalue weighted by molar-refractivity contribution is 6.33. The van der Waals surface area contributed by atoms with Gasteiger partial charge in [-0.1, -0.05) is 11.6 Å². The molecule has 1 aromatic carbocycles. The topological polar surface area (TPSA) is 96.0 Å². The number of halogens is 4. The molecule has 0 atom stereocenters. The second-order valence-electron chi connectivity index (χ2n) is 6.00. The fourth-order valence-electron chi connectivity index (χ4n) is 2.40. The number of carbonyl (C=O) groups is 2. The van der Waals surface area contributed by atoms with Crippen LogP contribution in [-0.2, 0) is 20.5 Å². The molecule has 1 amide bonds. The van der Waals surface area contributed by atoms with Crippen molar-refractivity contribution in [2.45, 2.75) is 6.18 Å². The van der Waals surface area contributed by atoms with Crippen molar-refractivity contribution in [3.63, 3.8) is 0 Å². The van der Waals surface area contributed by atoms with E-state index in [1.807, 2.05) is 0 Å². The molecule has 0 aliphatic carbocycles. The van der Waals surface area contributed by atoms with Gasteiger partial charge >= 0.3 is 12.1 Å². The number of alkyl halides is 3. The molecule has 2 aromatic rings. The Labute approximate surface area is 185 Å². The van der Waals surface area contributed by atoms with E-state index in [4.69, 9.17) is 30.5 Å². The third-order valence-corrected chi connectivity index (χ3v) is 4.16. The Morgan fingerprint density at radius 3 is 2.22 bits per heavy atom. The van der Waals surface area contributed by atoms with Crippen LogP contribution in [0.5, 0.6) is 17.2 Å². The van der Waals surface area contributed by atoms with E-state index in [9.17, 15) is 22.8 Å². The Morgan fingerprint density at radius 2 is 1.72 bits per heavy atom. The summed E-state index contributed by atoms with van der Waals surface area (Å²) in [6, 6.07) is 3.81. The van der Waals surface area contributed by atoms with Crippen LogP contribution in [-0.4, -0.2) is 44.8 Å². The van der Waals surface area contributed by atoms with Gasteiger partial charge in [0.2, 0.25) is 5.75 Å². The summed E-state index contributed by atoms with van der Waals surface area (Å²) in [6.45, 7) is -0.711. The number of ether oxygens (including phenoxy) is 4. The molecule has 1 heterocycles. The smallest absolute Gasteiger partial charge is 0.417 e. The second kappa shape index (κ2) is 10.7. The van der Waals surface area contributed by atoms with Crippen molar-refractivity contribution in [2.75, 3.05) is 33.3 Å². The summed E-state index contributed by atoms with van der Waals surface area (Å²) in [6.07, 6.45) is -1.64. The average molecular weight is 475 g/mol. The van der Waals surface area contributed by atoms with Crippen LogP contribution in [0.15, 0.2) is 30.5 Å². The highest BCUT2D eigenvalue weighted by Gasteiger charge is 2.31. The van der Waals surface area contributed by atoms with Gasteiger partial charge in [-0.3, -0.25) is 4.79 Å². The SMILES string of the molecule is COc1cc(C=CC(=O)OCC(=O)Nc2ncc(C(F)(F)F)cc2Cl)cc(OC)c1OC. The quantitative estimate of drug-likeness (QED) is 0.456. The zero-order chi connectivity index (χ0) is 23.9. The third-order valence-electron chi connectivity index (χ3n) is 3.87. The molecule has 0 aliphatic heterocycles. The molecule has 1 aromatic heterocycles. The van der Waals surface area contributed by atoms with Crippen molar-refractivity contribution >= 4 is 35.4 Å². The Morgan fingerprint density at radius 1 is 1.09 bits per heavy atom. The number of nitrogens with zero attached hydrogens (tertiary/aromatic N) is 1. The maximum atomic E-state index is 12.6. The molecule has 12 heteroatoms. The number of amides is 1. The molecule has 32 heavy (non-hydrogen) atoms. The van der Waals surface area contributed by atoms with Gasteiger partial charge in [0.25, 0.3) is 5.91 Å². The van der Waals surface area contributed by atoms with Gasteiger partial charge in [0.05, 0.1) is 31.9 Å². The third kappa shape index (κ3) is 6.51. The van der Waals surface area contributed by atoms with E-state index in [-0.39, 0.29) is 5.82 Å². The predicted molar refractivity (Wildman–Crippen MR) is 109 cm³/mol. The molecule has 0 fully saturated rings. The van der Waals surface area contributed by atoms with E-state index in [0.29, 0.717) is 35.1 Å². The van der Waals surface area contributed by atoms with Crippen molar-refractivity contribution in [1.29, 1.82) is 0 Å². The number of nitrogens with one attached hydrogen (secondary N) is 1. The van der Waals surface area contributed by atoms with Crippen molar-refractivity contribution in [2.24, 2.45) is 0 Å². The number of esters is 1. The number of rotatable bonds is 8. The normalized spacial score (nSPS) is 11.2. The minimum atomic E-state index is -4.63. The van der Waals surface area contributed by atoms with E-state index >= 15 is 0 Å². The predicted octanol–water partition coefficient (Wildman–Crippen LogP) is 3.97. The molecule has 0 radical (unpaired) electrons. The van der Waals surface area contributed by atoms with E-state index in [0.717, 1.165) is 6.08 Å². The zero-order valence-corrected chi connectivity index (χ0v) is 17.8. The first kappa shape index (κ1) is 24.8. The van der Waals surface area contributed by atoms with Crippen LogP contribution >= 0.6 is 11.6 Å². The number of hydrogen-bond acceptors (Lipinski definition) is 7. The highest BCUT2D eigenvalue weighted by Crippen LogP contribution is 2.38. The molecule has 172 valence electrons. The fourth-order valence-corrected chi connectivity index (χ4v) is 2.61. The van der Waals surface area contributed by atoms with Crippen LogP contribution < -0.4 is 19.5 Å². The Hall–Kier alpha value is -3.47. The van der Waals surface area contributed by atoms with Gasteiger partial charge in [-0.05, 0) is 29.8 Å². The molecular formula is C20H18ClF3N2O6. The average Bonchev–Trinajstić information content (AvgIpc) is 2.75. The summed E-state index contributed by atoms with van der Waals surface area (Å²) < 4.78 is 58.3. The van der Waals surface area contributed by atoms with E-state index in [2.05, 4.69) is 10.3 Å². The highest BCUT2D eigenvalue weighted by atomic mass is 35.5. The number of methoxy groups -OCH3 is 3. The summed E-state index contributed by atoms with van der Waals surface area (Å²) in [5, 5.41) is 1.75. The summed E-state index contributed by atoms with van der Waals surface area (Å²) in [7, 11) is 4.33. The van der Waals surface area contributed by atoms with Crippen LogP contribution in [0.2, 0.25) is 5.02 Å². The maximum absolute atomic E-state index is 12.6. The lowest BCUT2D eigenvalue weighted by Gasteiger charge is -2.12. The lowest BCUT2D eigenvalue weighted by molar-refractivity contribution is -0.142. The van der Waals surface area contributed by atoms with Gasteiger partial charge in [0.1, 0.15) is 0 Å². The van der Waals surface area contributed by atoms with Crippen LogP contribution in [0.25, 0.3) is 6.08 Å². The second-order valence-corrected chi connectivity index (χ2v) is 6.41. The molecule has 0 spiro atoms. The van der Waals surface area contributed by atoms with Gasteiger partial charge in [-0.25, -0.2) is 9.78 Å². The van der Waals surface area contributed by atoms with Crippen LogP contribution in [0.1, 0.15) is 11.1 Å². The standard InChI is InChI=1S/C20H18ClF3N2O6/c1-29-14-6-11(7-15(30-2)18(14)31-3)4-5-17(28)32-10-16(27)26-19-13(21)8-12(9-25-19)20(22,23)24/h4-9H,10H2,1-3H3,(H,25,26,27). The summed E-state index contributed by atoms with van der Waals surface area (Å²) >= 11 is 5.71. The molecular weight excluding hydrogens is 457 g/mol. The lowest BCUT2D eigenvalue weighted by Crippen LogP contribution is -2.21. The van der Waals surface area contributed by atoms with Gasteiger partial charge in [0, 0.05) is 12.3 Å². The first-order valence-corrected chi connectivity index (χ1v) is 9.14. The molecule has 0 saturated carbocycles. The minimum Gasteiger partial charge on any atom is -0.493 e. The molecule has 0 saturated heterocycles. The first-order chi connectivity index (χ1) is 15.1. The van der Waals surface area contributed by atoms with Gasteiger partial charge in [-0.15, -0.1) is 0 Å². The van der Waals surface area contributed by atoms with Crippen molar-refractivity contribution in [3.8, 4) is 17.2 Å². The maximum Gasteiger partial charge on any atom is 0.417 e. The monoisotopic (exact) mass is 474 g/mol. The van der Waals surface area contributed by atoms with Crippen LogP contribution in [0, 0.1) is 0 Å². The minimum absolute atomic E-state index is 0.298. The lowest BCUT2D eigenvalue weighted by atomic mass is 10.1. The number of carbonyl (C=O) groups excluding carboxylic acids is 2. The van der Waals surface area contributed by atoms with E-state index in [1.165, 1.54) is 27.4 Å². The molecule has 2 rings (SSSR count). The van der Waals surface area contributed by atoms with Crippen LogP contribution in [0.4, 0.5) is 19.0 Å². The summed E-state index contributed by atoms with van der Waals surface area (Å²) in [5.41, 5.74) is -0.537. The number of anilines is 1. The number of pyridine rings is 1. The molecule has 1 N–H and O–H groups in total. The van der Waals surface area contributed by atoms with Crippen molar-refractivity contribution in [3.05, 3.63) is 46.6 Å². The number of aromatic nitrogens is 1. The van der Waals surface area contributed by atoms with Crippen LogP contribution in [0.3, 0.4) is 0 Å². The van der Waals surface area contributed by atoms with E-state index < -0.39 is 35.2 Å². The van der Waals surface area contributed by atoms with Gasteiger partial charge in [0.15, 0.2) is 23.9 Å². The molecule has 0 bridgehead atoms. The Kier molecular flexibility index (Phi) is 8.30. The first-order valence-electron chi connectivity index (χ1n) is 8.76. The number of hydrogen-bond donors (Lipinski definition) is 1. The van der Waals surface area contributed by atoms with E-state index in [1.54, 1.807) is 12.1 Å². The van der Waals surface area contributed by atoms with Gasteiger partial charge < -0.3 is 24.3 Å². The summed E-state index contributed by atoms with van der Waals surface area (Å²) in [4.78, 5) is 27.2. The molecule has 0 unspecified atom stereocenters. The van der Waals surface area contributed by atoms with Gasteiger partial charge in [-0.2, -0.15) is 13.2 Å². The number of benzene rings is 1. The Bertz CT molecular complexity index is 1000. The summed E-state index contributed by atoms with van der Waals surface area (Å²) in [5.74, 6) is -0.856. The Balaban J connectivity index is 1.97. The fraction of sp³-hybridized carbons (Fsp3) is 0.250.